The molecular weight excluding hydrogens is 300 g/mol. The predicted molar refractivity (Wildman–Crippen MR) is 87.8 cm³/mol. The Bertz CT molecular complexity index is 630. The van der Waals surface area contributed by atoms with Crippen molar-refractivity contribution >= 4 is 17.5 Å². The van der Waals surface area contributed by atoms with E-state index in [1.807, 2.05) is 24.3 Å². The molecule has 4 nitrogen and oxygen atoms in total. The lowest BCUT2D eigenvalue weighted by Gasteiger charge is -2.33. The second kappa shape index (κ2) is 6.99. The standard InChI is InChI=1S/C17H21ClN2O2/c1-3-17(4-2,13-5-7-14(18)8-6-13)20-16(21)12-9-15(10-19)22-11-12/h5-9,11H,3-4,10,19H2,1-2H3,(H,20,21). The van der Waals surface area contributed by atoms with Crippen LogP contribution in [0, 0.1) is 0 Å². The minimum Gasteiger partial charge on any atom is -0.467 e. The fraction of sp³-hybridized carbons (Fsp3) is 0.353. The summed E-state index contributed by atoms with van der Waals surface area (Å²) in [5.41, 5.74) is 6.61. The van der Waals surface area contributed by atoms with Crippen molar-refractivity contribution < 1.29 is 9.21 Å². The van der Waals surface area contributed by atoms with Gasteiger partial charge in [-0.25, -0.2) is 0 Å². The van der Waals surface area contributed by atoms with Gasteiger partial charge in [0.05, 0.1) is 17.6 Å². The molecule has 0 spiro atoms. The first-order chi connectivity index (χ1) is 10.5. The van der Waals surface area contributed by atoms with Gasteiger partial charge >= 0.3 is 0 Å². The number of nitrogens with one attached hydrogen (secondary N) is 1. The van der Waals surface area contributed by atoms with E-state index < -0.39 is 5.54 Å². The number of hydrogen-bond acceptors (Lipinski definition) is 3. The lowest BCUT2D eigenvalue weighted by atomic mass is 9.84. The SMILES string of the molecule is CCC(CC)(NC(=O)c1coc(CN)c1)c1ccc(Cl)cc1. The van der Waals surface area contributed by atoms with Crippen molar-refractivity contribution in [2.24, 2.45) is 5.73 Å². The smallest absolute Gasteiger partial charge is 0.255 e. The van der Waals surface area contributed by atoms with E-state index in [-0.39, 0.29) is 12.5 Å². The first-order valence-electron chi connectivity index (χ1n) is 7.40. The summed E-state index contributed by atoms with van der Waals surface area (Å²) in [6.45, 7) is 4.38. The quantitative estimate of drug-likeness (QED) is 0.849. The van der Waals surface area contributed by atoms with E-state index >= 15 is 0 Å². The normalized spacial score (nSPS) is 11.5. The lowest BCUT2D eigenvalue weighted by molar-refractivity contribution is 0.0889. The number of furan rings is 1. The Hall–Kier alpha value is -1.78. The van der Waals surface area contributed by atoms with Gasteiger partial charge in [-0.2, -0.15) is 0 Å². The van der Waals surface area contributed by atoms with Crippen molar-refractivity contribution in [3.8, 4) is 0 Å². The molecule has 2 aromatic rings. The molecule has 1 amide bonds. The average molecular weight is 321 g/mol. The molecule has 118 valence electrons. The molecule has 0 bridgehead atoms. The number of benzene rings is 1. The fourth-order valence-corrected chi connectivity index (χ4v) is 2.70. The van der Waals surface area contributed by atoms with Crippen molar-refractivity contribution in [1.82, 2.24) is 5.32 Å². The van der Waals surface area contributed by atoms with E-state index in [9.17, 15) is 4.79 Å². The summed E-state index contributed by atoms with van der Waals surface area (Å²) < 4.78 is 5.23. The third-order valence-electron chi connectivity index (χ3n) is 4.07. The summed E-state index contributed by atoms with van der Waals surface area (Å²) in [5.74, 6) is 0.428. The number of nitrogens with two attached hydrogens (primary N) is 1. The van der Waals surface area contributed by atoms with Crippen LogP contribution in [0.2, 0.25) is 5.02 Å². The molecule has 2 rings (SSSR count). The van der Waals surface area contributed by atoms with E-state index in [0.29, 0.717) is 16.3 Å². The summed E-state index contributed by atoms with van der Waals surface area (Å²) >= 11 is 5.96. The molecule has 0 atom stereocenters. The van der Waals surface area contributed by atoms with Crippen LogP contribution in [0.4, 0.5) is 0 Å². The molecule has 0 unspecified atom stereocenters. The maximum atomic E-state index is 12.5. The Morgan fingerprint density at radius 3 is 2.41 bits per heavy atom. The van der Waals surface area contributed by atoms with Crippen molar-refractivity contribution in [3.63, 3.8) is 0 Å². The van der Waals surface area contributed by atoms with Crippen LogP contribution in [-0.4, -0.2) is 5.91 Å². The third-order valence-corrected chi connectivity index (χ3v) is 4.33. The Labute approximate surface area is 135 Å². The minimum atomic E-state index is -0.429. The minimum absolute atomic E-state index is 0.165. The van der Waals surface area contributed by atoms with Gasteiger partial charge in [0.25, 0.3) is 5.91 Å². The predicted octanol–water partition coefficient (Wildman–Crippen LogP) is 3.84. The highest BCUT2D eigenvalue weighted by Gasteiger charge is 2.31. The lowest BCUT2D eigenvalue weighted by Crippen LogP contribution is -2.45. The first kappa shape index (κ1) is 16.6. The van der Waals surface area contributed by atoms with Crippen molar-refractivity contribution in [3.05, 3.63) is 58.5 Å². The summed E-state index contributed by atoms with van der Waals surface area (Å²) in [4.78, 5) is 12.5. The maximum Gasteiger partial charge on any atom is 0.255 e. The van der Waals surface area contributed by atoms with Crippen LogP contribution in [0.5, 0.6) is 0 Å². The Morgan fingerprint density at radius 2 is 1.91 bits per heavy atom. The van der Waals surface area contributed by atoms with Gasteiger partial charge in [0.1, 0.15) is 12.0 Å². The topological polar surface area (TPSA) is 68.3 Å². The number of carbonyl (C=O) groups is 1. The van der Waals surface area contributed by atoms with Crippen LogP contribution in [0.3, 0.4) is 0 Å². The molecule has 1 aromatic carbocycles. The molecule has 5 heteroatoms. The van der Waals surface area contributed by atoms with Crippen molar-refractivity contribution in [2.75, 3.05) is 0 Å². The van der Waals surface area contributed by atoms with Gasteiger partial charge in [0.2, 0.25) is 0 Å². The van der Waals surface area contributed by atoms with E-state index in [2.05, 4.69) is 19.2 Å². The van der Waals surface area contributed by atoms with Crippen LogP contribution in [0.1, 0.15) is 48.4 Å². The van der Waals surface area contributed by atoms with Gasteiger partial charge in [0.15, 0.2) is 0 Å². The summed E-state index contributed by atoms with van der Waals surface area (Å²) in [7, 11) is 0. The van der Waals surface area contributed by atoms with Gasteiger partial charge in [-0.15, -0.1) is 0 Å². The number of halogens is 1. The van der Waals surface area contributed by atoms with Crippen molar-refractivity contribution in [1.29, 1.82) is 0 Å². The monoisotopic (exact) mass is 320 g/mol. The Kier molecular flexibility index (Phi) is 5.27. The third kappa shape index (κ3) is 3.34. The van der Waals surface area contributed by atoms with Gasteiger partial charge < -0.3 is 15.5 Å². The van der Waals surface area contributed by atoms with Gasteiger partial charge in [-0.05, 0) is 36.6 Å². The molecule has 0 radical (unpaired) electrons. The Morgan fingerprint density at radius 1 is 1.27 bits per heavy atom. The van der Waals surface area contributed by atoms with Crippen LogP contribution >= 0.6 is 11.6 Å². The highest BCUT2D eigenvalue weighted by Crippen LogP contribution is 2.30. The highest BCUT2D eigenvalue weighted by atomic mass is 35.5. The largest absolute Gasteiger partial charge is 0.467 e. The highest BCUT2D eigenvalue weighted by molar-refractivity contribution is 6.30. The molecule has 1 heterocycles. The molecule has 0 aliphatic heterocycles. The second-order valence-electron chi connectivity index (χ2n) is 5.26. The summed E-state index contributed by atoms with van der Waals surface area (Å²) in [6, 6.07) is 9.26. The molecule has 3 N–H and O–H groups in total. The van der Waals surface area contributed by atoms with Gasteiger partial charge in [-0.3, -0.25) is 4.79 Å². The molecule has 0 saturated heterocycles. The molecular formula is C17H21ClN2O2. The van der Waals surface area contributed by atoms with Crippen LogP contribution < -0.4 is 11.1 Å². The van der Waals surface area contributed by atoms with Gasteiger partial charge in [0, 0.05) is 5.02 Å². The average Bonchev–Trinajstić information content (AvgIpc) is 3.02. The summed E-state index contributed by atoms with van der Waals surface area (Å²) in [5, 5.41) is 3.82. The molecule has 0 aliphatic carbocycles. The maximum absolute atomic E-state index is 12.5. The summed E-state index contributed by atoms with van der Waals surface area (Å²) in [6.07, 6.45) is 2.99. The Balaban J connectivity index is 2.27. The number of hydrogen-bond donors (Lipinski definition) is 2. The van der Waals surface area contributed by atoms with E-state index in [1.54, 1.807) is 6.07 Å². The van der Waals surface area contributed by atoms with E-state index in [1.165, 1.54) is 6.26 Å². The van der Waals surface area contributed by atoms with Gasteiger partial charge in [-0.1, -0.05) is 37.6 Å². The molecule has 0 aliphatic rings. The number of carbonyl (C=O) groups excluding carboxylic acids is 1. The fourth-order valence-electron chi connectivity index (χ4n) is 2.57. The van der Waals surface area contributed by atoms with Crippen LogP contribution in [0.25, 0.3) is 0 Å². The second-order valence-corrected chi connectivity index (χ2v) is 5.69. The van der Waals surface area contributed by atoms with Crippen LogP contribution in [-0.2, 0) is 12.1 Å². The number of rotatable bonds is 6. The first-order valence-corrected chi connectivity index (χ1v) is 7.78. The zero-order valence-corrected chi connectivity index (χ0v) is 13.6. The van der Waals surface area contributed by atoms with Crippen molar-refractivity contribution in [2.45, 2.75) is 38.8 Å². The van der Waals surface area contributed by atoms with E-state index in [0.717, 1.165) is 18.4 Å². The zero-order chi connectivity index (χ0) is 16.2. The number of amides is 1. The molecule has 22 heavy (non-hydrogen) atoms. The molecule has 1 aromatic heterocycles. The van der Waals surface area contributed by atoms with E-state index in [4.69, 9.17) is 21.8 Å². The zero-order valence-electron chi connectivity index (χ0n) is 12.9. The molecule has 0 fully saturated rings. The van der Waals surface area contributed by atoms with Crippen LogP contribution in [0.15, 0.2) is 41.0 Å². The molecule has 0 saturated carbocycles.